The molecule has 0 aliphatic carbocycles. The fraction of sp³-hybridized carbons (Fsp3) is 0.444. The number of morpholine rings is 1. The van der Waals surface area contributed by atoms with Gasteiger partial charge in [-0.05, 0) is 18.2 Å². The van der Waals surface area contributed by atoms with Gasteiger partial charge in [-0.25, -0.2) is 4.98 Å². The Bertz CT molecular complexity index is 707. The normalized spacial score (nSPS) is 14.7. The SMILES string of the molecule is CNc1ccnc(Nc2ccc(OC)c(OCCN3CCOCC3)c2)n1. The molecule has 0 saturated carbocycles. The lowest BCUT2D eigenvalue weighted by Crippen LogP contribution is -2.38. The van der Waals surface area contributed by atoms with Gasteiger partial charge in [-0.3, -0.25) is 4.90 Å². The van der Waals surface area contributed by atoms with Gasteiger partial charge < -0.3 is 24.8 Å². The molecular formula is C18H25N5O3. The van der Waals surface area contributed by atoms with Crippen LogP contribution in [0.2, 0.25) is 0 Å². The van der Waals surface area contributed by atoms with Crippen molar-refractivity contribution in [3.8, 4) is 11.5 Å². The Kier molecular flexibility index (Phi) is 6.45. The van der Waals surface area contributed by atoms with E-state index < -0.39 is 0 Å². The Morgan fingerprint density at radius 2 is 2.04 bits per heavy atom. The van der Waals surface area contributed by atoms with Gasteiger partial charge in [0, 0.05) is 44.6 Å². The predicted octanol–water partition coefficient (Wildman–Crippen LogP) is 1.98. The molecular weight excluding hydrogens is 334 g/mol. The van der Waals surface area contributed by atoms with Crippen LogP contribution in [0.5, 0.6) is 11.5 Å². The van der Waals surface area contributed by atoms with E-state index in [1.54, 1.807) is 19.4 Å². The minimum atomic E-state index is 0.515. The molecule has 2 aromatic rings. The first-order chi connectivity index (χ1) is 12.8. The third-order valence-corrected chi connectivity index (χ3v) is 4.10. The number of nitrogens with one attached hydrogen (secondary N) is 2. The zero-order valence-corrected chi connectivity index (χ0v) is 15.2. The van der Waals surface area contributed by atoms with Crippen molar-refractivity contribution >= 4 is 17.5 Å². The Morgan fingerprint density at radius 1 is 1.19 bits per heavy atom. The lowest BCUT2D eigenvalue weighted by Gasteiger charge is -2.26. The zero-order valence-electron chi connectivity index (χ0n) is 15.2. The van der Waals surface area contributed by atoms with Crippen molar-refractivity contribution in [3.63, 3.8) is 0 Å². The van der Waals surface area contributed by atoms with Gasteiger partial charge in [0.1, 0.15) is 12.4 Å². The molecule has 0 bridgehead atoms. The van der Waals surface area contributed by atoms with Crippen LogP contribution in [0.25, 0.3) is 0 Å². The lowest BCUT2D eigenvalue weighted by molar-refractivity contribution is 0.0321. The van der Waals surface area contributed by atoms with E-state index in [1.165, 1.54) is 0 Å². The van der Waals surface area contributed by atoms with E-state index in [4.69, 9.17) is 14.2 Å². The van der Waals surface area contributed by atoms with E-state index >= 15 is 0 Å². The molecule has 2 heterocycles. The highest BCUT2D eigenvalue weighted by Gasteiger charge is 2.11. The van der Waals surface area contributed by atoms with Crippen LogP contribution < -0.4 is 20.1 Å². The molecule has 1 aliphatic rings. The number of aromatic nitrogens is 2. The maximum Gasteiger partial charge on any atom is 0.229 e. The number of rotatable bonds is 8. The minimum absolute atomic E-state index is 0.515. The number of anilines is 3. The highest BCUT2D eigenvalue weighted by atomic mass is 16.5. The zero-order chi connectivity index (χ0) is 18.2. The molecule has 1 saturated heterocycles. The third kappa shape index (κ3) is 4.96. The molecule has 0 unspecified atom stereocenters. The molecule has 0 atom stereocenters. The summed E-state index contributed by atoms with van der Waals surface area (Å²) >= 11 is 0. The summed E-state index contributed by atoms with van der Waals surface area (Å²) in [6.45, 7) is 4.91. The van der Waals surface area contributed by atoms with E-state index in [2.05, 4.69) is 25.5 Å². The summed E-state index contributed by atoms with van der Waals surface area (Å²) in [6.07, 6.45) is 1.70. The summed E-state index contributed by atoms with van der Waals surface area (Å²) in [5.74, 6) is 2.65. The molecule has 0 radical (unpaired) electrons. The smallest absolute Gasteiger partial charge is 0.229 e. The van der Waals surface area contributed by atoms with Gasteiger partial charge in [0.15, 0.2) is 11.5 Å². The molecule has 0 amide bonds. The second-order valence-corrected chi connectivity index (χ2v) is 5.81. The van der Waals surface area contributed by atoms with Gasteiger partial charge in [-0.1, -0.05) is 0 Å². The highest BCUT2D eigenvalue weighted by molar-refractivity contribution is 5.60. The average Bonchev–Trinajstić information content (AvgIpc) is 2.69. The van der Waals surface area contributed by atoms with Crippen molar-refractivity contribution in [2.45, 2.75) is 0 Å². The van der Waals surface area contributed by atoms with Crippen LogP contribution in [-0.2, 0) is 4.74 Å². The summed E-state index contributed by atoms with van der Waals surface area (Å²) < 4.78 is 16.7. The van der Waals surface area contributed by atoms with Gasteiger partial charge in [0.25, 0.3) is 0 Å². The van der Waals surface area contributed by atoms with E-state index in [1.807, 2.05) is 25.2 Å². The molecule has 1 aromatic heterocycles. The van der Waals surface area contributed by atoms with Crippen molar-refractivity contribution in [1.29, 1.82) is 0 Å². The van der Waals surface area contributed by atoms with Crippen LogP contribution in [0.4, 0.5) is 17.5 Å². The summed E-state index contributed by atoms with van der Waals surface area (Å²) in [5, 5.41) is 6.18. The molecule has 8 nitrogen and oxygen atoms in total. The number of ether oxygens (including phenoxy) is 3. The first-order valence-electron chi connectivity index (χ1n) is 8.67. The summed E-state index contributed by atoms with van der Waals surface area (Å²) in [6, 6.07) is 7.48. The molecule has 1 aliphatic heterocycles. The van der Waals surface area contributed by atoms with Crippen molar-refractivity contribution in [2.75, 3.05) is 64.2 Å². The van der Waals surface area contributed by atoms with E-state index in [0.717, 1.165) is 44.4 Å². The molecule has 140 valence electrons. The van der Waals surface area contributed by atoms with Gasteiger partial charge in [0.05, 0.1) is 20.3 Å². The molecule has 8 heteroatoms. The highest BCUT2D eigenvalue weighted by Crippen LogP contribution is 2.31. The van der Waals surface area contributed by atoms with Gasteiger partial charge >= 0.3 is 0 Å². The Labute approximate surface area is 153 Å². The van der Waals surface area contributed by atoms with Crippen LogP contribution in [0, 0.1) is 0 Å². The van der Waals surface area contributed by atoms with Crippen molar-refractivity contribution < 1.29 is 14.2 Å². The first kappa shape index (κ1) is 18.2. The number of hydrogen-bond acceptors (Lipinski definition) is 8. The maximum atomic E-state index is 5.95. The van der Waals surface area contributed by atoms with E-state index in [0.29, 0.717) is 24.1 Å². The van der Waals surface area contributed by atoms with Crippen molar-refractivity contribution in [1.82, 2.24) is 14.9 Å². The van der Waals surface area contributed by atoms with Crippen LogP contribution in [0.15, 0.2) is 30.5 Å². The Hall–Kier alpha value is -2.58. The quantitative estimate of drug-likeness (QED) is 0.741. The predicted molar refractivity (Wildman–Crippen MR) is 101 cm³/mol. The molecule has 2 N–H and O–H groups in total. The number of nitrogens with zero attached hydrogens (tertiary/aromatic N) is 3. The number of hydrogen-bond donors (Lipinski definition) is 2. The molecule has 0 spiro atoms. The van der Waals surface area contributed by atoms with Crippen LogP contribution in [0.3, 0.4) is 0 Å². The standard InChI is InChI=1S/C18H25N5O3/c1-19-17-5-6-20-18(22-17)21-14-3-4-15(24-2)16(13-14)26-12-9-23-7-10-25-11-8-23/h3-6,13H,7-12H2,1-2H3,(H2,19,20,21,22). The second kappa shape index (κ2) is 9.21. The Morgan fingerprint density at radius 3 is 2.81 bits per heavy atom. The number of benzene rings is 1. The largest absolute Gasteiger partial charge is 0.493 e. The second-order valence-electron chi connectivity index (χ2n) is 5.81. The molecule has 1 fully saturated rings. The molecule has 3 rings (SSSR count). The molecule has 26 heavy (non-hydrogen) atoms. The first-order valence-corrected chi connectivity index (χ1v) is 8.67. The molecule has 1 aromatic carbocycles. The Balaban J connectivity index is 1.63. The van der Waals surface area contributed by atoms with E-state index in [-0.39, 0.29) is 0 Å². The topological polar surface area (TPSA) is 80.8 Å². The summed E-state index contributed by atoms with van der Waals surface area (Å²) in [7, 11) is 3.46. The van der Waals surface area contributed by atoms with Crippen LogP contribution >= 0.6 is 0 Å². The van der Waals surface area contributed by atoms with Gasteiger partial charge in [-0.2, -0.15) is 4.98 Å². The lowest BCUT2D eigenvalue weighted by atomic mass is 10.2. The number of methoxy groups -OCH3 is 1. The monoisotopic (exact) mass is 359 g/mol. The van der Waals surface area contributed by atoms with Crippen LogP contribution in [-0.4, -0.2) is 68.5 Å². The third-order valence-electron chi connectivity index (χ3n) is 4.10. The van der Waals surface area contributed by atoms with Crippen molar-refractivity contribution in [3.05, 3.63) is 30.5 Å². The summed E-state index contributed by atoms with van der Waals surface area (Å²) in [5.41, 5.74) is 0.834. The van der Waals surface area contributed by atoms with Crippen LogP contribution in [0.1, 0.15) is 0 Å². The van der Waals surface area contributed by atoms with Gasteiger partial charge in [-0.15, -0.1) is 0 Å². The average molecular weight is 359 g/mol. The van der Waals surface area contributed by atoms with Crippen molar-refractivity contribution in [2.24, 2.45) is 0 Å². The van der Waals surface area contributed by atoms with E-state index in [9.17, 15) is 0 Å². The summed E-state index contributed by atoms with van der Waals surface area (Å²) in [4.78, 5) is 10.9. The maximum absolute atomic E-state index is 5.95. The minimum Gasteiger partial charge on any atom is -0.493 e. The fourth-order valence-electron chi connectivity index (χ4n) is 2.66. The fourth-order valence-corrected chi connectivity index (χ4v) is 2.66. The van der Waals surface area contributed by atoms with Gasteiger partial charge in [0.2, 0.25) is 5.95 Å².